The van der Waals surface area contributed by atoms with Crippen LogP contribution >= 0.6 is 15.9 Å². The molecule has 2 fully saturated rings. The van der Waals surface area contributed by atoms with Crippen molar-refractivity contribution in [1.29, 1.82) is 0 Å². The van der Waals surface area contributed by atoms with Gasteiger partial charge in [-0.25, -0.2) is 0 Å². The van der Waals surface area contributed by atoms with Crippen LogP contribution in [0, 0.1) is 5.92 Å². The first-order chi connectivity index (χ1) is 4.63. The van der Waals surface area contributed by atoms with Crippen molar-refractivity contribution in [2.75, 3.05) is 0 Å². The third-order valence-corrected chi connectivity index (χ3v) is 9.30. The van der Waals surface area contributed by atoms with Crippen molar-refractivity contribution in [1.82, 2.24) is 0 Å². The second-order valence-corrected chi connectivity index (χ2v) is 10.7. The highest BCUT2D eigenvalue weighted by molar-refractivity contribution is 9.09. The van der Waals surface area contributed by atoms with Crippen LogP contribution in [-0.4, -0.2) is 12.9 Å². The molecule has 58 valence electrons. The molecule has 0 bridgehead atoms. The smallest absolute Gasteiger partial charge is 0.0520 e. The Morgan fingerprint density at radius 3 is 2.60 bits per heavy atom. The fourth-order valence-corrected chi connectivity index (χ4v) is 9.86. The third kappa shape index (κ3) is 0.918. The minimum Gasteiger partial charge on any atom is -0.0888 e. The number of fused-ring (bicyclic) bond motifs is 1. The van der Waals surface area contributed by atoms with Gasteiger partial charge in [0.15, 0.2) is 0 Å². The molecule has 0 amide bonds. The molecule has 3 atom stereocenters. The van der Waals surface area contributed by atoms with E-state index in [0.29, 0.717) is 0 Å². The molecule has 1 saturated carbocycles. The first kappa shape index (κ1) is 7.35. The molecule has 1 aliphatic carbocycles. The molecule has 0 aromatic heterocycles. The van der Waals surface area contributed by atoms with Gasteiger partial charge in [0, 0.05) is 4.83 Å². The fraction of sp³-hybridized carbons (Fsp3) is 1.00. The summed E-state index contributed by atoms with van der Waals surface area (Å²) in [4.78, 5) is 0.927. The monoisotopic (exact) mass is 218 g/mol. The van der Waals surface area contributed by atoms with Crippen LogP contribution in [-0.2, 0) is 0 Å². The largest absolute Gasteiger partial charge is 0.0888 e. The number of halogens is 1. The van der Waals surface area contributed by atoms with Crippen LogP contribution in [0.25, 0.3) is 0 Å². The predicted molar refractivity (Wildman–Crippen MR) is 51.5 cm³/mol. The van der Waals surface area contributed by atoms with Gasteiger partial charge < -0.3 is 0 Å². The molecule has 1 aliphatic heterocycles. The van der Waals surface area contributed by atoms with Gasteiger partial charge in [0.25, 0.3) is 0 Å². The van der Waals surface area contributed by atoms with E-state index in [1.54, 1.807) is 6.04 Å². The first-order valence-electron chi connectivity index (χ1n) is 4.27. The molecule has 0 nitrogen and oxygen atoms in total. The standard InChI is InChI=1S/C8H15BrSi/c1-10(2)5-3-4-6-7(9)8(6)10/h6-8H,3-5H2,1-2H3/t6-,7-,8-/m0/s1. The van der Waals surface area contributed by atoms with Crippen LogP contribution in [0.5, 0.6) is 0 Å². The SMILES string of the molecule is C[Si]1(C)CCC[C@H]2[C@H](Br)[C@H]21. The summed E-state index contributed by atoms with van der Waals surface area (Å²) in [7, 11) is -0.730. The second kappa shape index (κ2) is 2.10. The van der Waals surface area contributed by atoms with Crippen molar-refractivity contribution in [3.8, 4) is 0 Å². The van der Waals surface area contributed by atoms with Gasteiger partial charge in [-0.15, -0.1) is 0 Å². The zero-order chi connectivity index (χ0) is 7.35. The molecule has 1 heterocycles. The molecule has 1 saturated heterocycles. The predicted octanol–water partition coefficient (Wildman–Crippen LogP) is 3.25. The van der Waals surface area contributed by atoms with E-state index in [1.807, 2.05) is 0 Å². The van der Waals surface area contributed by atoms with E-state index in [2.05, 4.69) is 29.0 Å². The maximum Gasteiger partial charge on any atom is 0.0520 e. The van der Waals surface area contributed by atoms with Crippen molar-refractivity contribution in [2.24, 2.45) is 5.92 Å². The molecular formula is C8H15BrSi. The van der Waals surface area contributed by atoms with E-state index in [0.717, 1.165) is 16.3 Å². The summed E-state index contributed by atoms with van der Waals surface area (Å²) >= 11 is 3.79. The molecule has 0 spiro atoms. The lowest BCUT2D eigenvalue weighted by Gasteiger charge is -2.26. The van der Waals surface area contributed by atoms with Crippen LogP contribution in [0.3, 0.4) is 0 Å². The van der Waals surface area contributed by atoms with Gasteiger partial charge in [-0.3, -0.25) is 0 Å². The summed E-state index contributed by atoms with van der Waals surface area (Å²) in [6, 6.07) is 1.58. The summed E-state index contributed by atoms with van der Waals surface area (Å²) in [5, 5.41) is 0. The van der Waals surface area contributed by atoms with E-state index in [1.165, 1.54) is 12.8 Å². The highest BCUT2D eigenvalue weighted by Gasteiger charge is 2.58. The van der Waals surface area contributed by atoms with Crippen LogP contribution in [0.4, 0.5) is 0 Å². The number of hydrogen-bond donors (Lipinski definition) is 0. The summed E-state index contributed by atoms with van der Waals surface area (Å²) in [6.07, 6.45) is 3.03. The van der Waals surface area contributed by atoms with Crippen LogP contribution < -0.4 is 0 Å². The van der Waals surface area contributed by atoms with Crippen LogP contribution in [0.2, 0.25) is 24.7 Å². The molecule has 2 aliphatic rings. The van der Waals surface area contributed by atoms with E-state index >= 15 is 0 Å². The fourth-order valence-electron chi connectivity index (χ4n) is 2.64. The minimum absolute atomic E-state index is 0.730. The van der Waals surface area contributed by atoms with Crippen molar-refractivity contribution in [3.05, 3.63) is 0 Å². The molecule has 0 radical (unpaired) electrons. The average Bonchev–Trinajstić information content (AvgIpc) is 2.43. The van der Waals surface area contributed by atoms with E-state index in [4.69, 9.17) is 0 Å². The molecule has 0 aromatic carbocycles. The zero-order valence-electron chi connectivity index (χ0n) is 6.73. The molecule has 0 aromatic rings. The molecule has 0 N–H and O–H groups in total. The maximum atomic E-state index is 3.79. The van der Waals surface area contributed by atoms with Gasteiger partial charge in [0.2, 0.25) is 0 Å². The Morgan fingerprint density at radius 2 is 2.10 bits per heavy atom. The normalized spacial score (nSPS) is 50.1. The Kier molecular flexibility index (Phi) is 1.54. The van der Waals surface area contributed by atoms with Gasteiger partial charge in [0.1, 0.15) is 0 Å². The lowest BCUT2D eigenvalue weighted by Crippen LogP contribution is -2.29. The topological polar surface area (TPSA) is 0 Å². The second-order valence-electron chi connectivity index (χ2n) is 4.51. The summed E-state index contributed by atoms with van der Waals surface area (Å²) < 4.78 is 0. The Morgan fingerprint density at radius 1 is 1.40 bits per heavy atom. The van der Waals surface area contributed by atoms with E-state index < -0.39 is 8.07 Å². The van der Waals surface area contributed by atoms with Crippen molar-refractivity contribution in [3.63, 3.8) is 0 Å². The number of rotatable bonds is 0. The van der Waals surface area contributed by atoms with Gasteiger partial charge in [-0.1, -0.05) is 41.5 Å². The summed E-state index contributed by atoms with van der Waals surface area (Å²) in [5.41, 5.74) is 1.14. The van der Waals surface area contributed by atoms with Gasteiger partial charge in [0.05, 0.1) is 8.07 Å². The highest BCUT2D eigenvalue weighted by atomic mass is 79.9. The number of alkyl halides is 1. The van der Waals surface area contributed by atoms with Gasteiger partial charge in [-0.05, 0) is 17.9 Å². The summed E-state index contributed by atoms with van der Waals surface area (Å²) in [6.45, 7) is 5.12. The van der Waals surface area contributed by atoms with Gasteiger partial charge >= 0.3 is 0 Å². The van der Waals surface area contributed by atoms with E-state index in [9.17, 15) is 0 Å². The van der Waals surface area contributed by atoms with Crippen molar-refractivity contribution >= 4 is 24.0 Å². The van der Waals surface area contributed by atoms with Gasteiger partial charge in [-0.2, -0.15) is 0 Å². The summed E-state index contributed by atoms with van der Waals surface area (Å²) in [5.74, 6) is 1.09. The highest BCUT2D eigenvalue weighted by Crippen LogP contribution is 2.62. The van der Waals surface area contributed by atoms with Crippen LogP contribution in [0.1, 0.15) is 12.8 Å². The van der Waals surface area contributed by atoms with Crippen molar-refractivity contribution in [2.45, 2.75) is 42.3 Å². The lowest BCUT2D eigenvalue weighted by atomic mass is 10.2. The Balaban J connectivity index is 2.12. The average molecular weight is 219 g/mol. The first-order valence-corrected chi connectivity index (χ1v) is 8.47. The quantitative estimate of drug-likeness (QED) is 0.433. The lowest BCUT2D eigenvalue weighted by molar-refractivity contribution is 0.672. The molecule has 2 rings (SSSR count). The Bertz CT molecular complexity index is 155. The Hall–Kier alpha value is 0.697. The van der Waals surface area contributed by atoms with E-state index in [-0.39, 0.29) is 0 Å². The molecule has 10 heavy (non-hydrogen) atoms. The molecular weight excluding hydrogens is 204 g/mol. The van der Waals surface area contributed by atoms with Crippen molar-refractivity contribution < 1.29 is 0 Å². The maximum absolute atomic E-state index is 3.79. The minimum atomic E-state index is -0.730. The Labute approximate surface area is 72.5 Å². The third-order valence-electron chi connectivity index (χ3n) is 3.33. The molecule has 0 unspecified atom stereocenters. The zero-order valence-corrected chi connectivity index (χ0v) is 9.32. The number of hydrogen-bond acceptors (Lipinski definition) is 0. The molecule has 2 heteroatoms. The van der Waals surface area contributed by atoms with Crippen LogP contribution in [0.15, 0.2) is 0 Å².